The third-order valence-electron chi connectivity index (χ3n) is 2.10. The Morgan fingerprint density at radius 3 is 2.93 bits per heavy atom. The second-order valence-corrected chi connectivity index (χ2v) is 3.22. The maximum atomic E-state index is 9.77. The lowest BCUT2D eigenvalue weighted by atomic mass is 10.1. The van der Waals surface area contributed by atoms with Gasteiger partial charge in [0.1, 0.15) is 5.75 Å². The Kier molecular flexibility index (Phi) is 5.10. The van der Waals surface area contributed by atoms with Crippen LogP contribution in [-0.2, 0) is 0 Å². The average molecular weight is 211 g/mol. The van der Waals surface area contributed by atoms with Crippen LogP contribution in [0.1, 0.15) is 11.7 Å². The van der Waals surface area contributed by atoms with E-state index in [9.17, 15) is 5.11 Å². The Hall–Kier alpha value is -1.10. The van der Waals surface area contributed by atoms with Gasteiger partial charge in [-0.25, -0.2) is 0 Å². The van der Waals surface area contributed by atoms with Gasteiger partial charge in [-0.15, -0.1) is 0 Å². The van der Waals surface area contributed by atoms with E-state index >= 15 is 0 Å². The van der Waals surface area contributed by atoms with E-state index in [2.05, 4.69) is 5.32 Å². The number of nitrogens with one attached hydrogen (secondary N) is 1. The molecule has 0 amide bonds. The largest absolute Gasteiger partial charge is 0.497 e. The second-order valence-electron chi connectivity index (χ2n) is 3.22. The molecule has 1 rings (SSSR count). The molecule has 84 valence electrons. The van der Waals surface area contributed by atoms with Crippen LogP contribution < -0.4 is 10.1 Å². The van der Waals surface area contributed by atoms with Crippen molar-refractivity contribution in [1.29, 1.82) is 0 Å². The molecule has 0 fully saturated rings. The number of hydrogen-bond donors (Lipinski definition) is 3. The molecule has 0 spiro atoms. The number of hydrogen-bond acceptors (Lipinski definition) is 4. The van der Waals surface area contributed by atoms with Gasteiger partial charge in [0, 0.05) is 13.1 Å². The third-order valence-corrected chi connectivity index (χ3v) is 2.10. The summed E-state index contributed by atoms with van der Waals surface area (Å²) in [6.45, 7) is 0.986. The van der Waals surface area contributed by atoms with E-state index in [1.807, 2.05) is 18.2 Å². The summed E-state index contributed by atoms with van der Waals surface area (Å²) in [6.07, 6.45) is -0.577. The zero-order chi connectivity index (χ0) is 11.1. The van der Waals surface area contributed by atoms with Gasteiger partial charge in [-0.2, -0.15) is 0 Å². The van der Waals surface area contributed by atoms with Gasteiger partial charge in [0.05, 0.1) is 19.8 Å². The van der Waals surface area contributed by atoms with Gasteiger partial charge >= 0.3 is 0 Å². The molecule has 0 aromatic heterocycles. The molecule has 0 bridgehead atoms. The maximum absolute atomic E-state index is 9.77. The van der Waals surface area contributed by atoms with E-state index in [-0.39, 0.29) is 6.61 Å². The lowest BCUT2D eigenvalue weighted by Crippen LogP contribution is -2.24. The Labute approximate surface area is 89.5 Å². The minimum atomic E-state index is -0.577. The second kappa shape index (κ2) is 6.40. The summed E-state index contributed by atoms with van der Waals surface area (Å²) >= 11 is 0. The van der Waals surface area contributed by atoms with Crippen LogP contribution in [0.3, 0.4) is 0 Å². The van der Waals surface area contributed by atoms with E-state index < -0.39 is 6.10 Å². The van der Waals surface area contributed by atoms with Gasteiger partial charge in [-0.3, -0.25) is 0 Å². The molecule has 4 heteroatoms. The van der Waals surface area contributed by atoms with Crippen LogP contribution in [0.25, 0.3) is 0 Å². The molecule has 1 atom stereocenters. The van der Waals surface area contributed by atoms with E-state index in [4.69, 9.17) is 9.84 Å². The monoisotopic (exact) mass is 211 g/mol. The van der Waals surface area contributed by atoms with E-state index in [1.54, 1.807) is 13.2 Å². The topological polar surface area (TPSA) is 61.7 Å². The van der Waals surface area contributed by atoms with Crippen LogP contribution in [0.2, 0.25) is 0 Å². The van der Waals surface area contributed by atoms with Crippen molar-refractivity contribution in [1.82, 2.24) is 5.32 Å². The van der Waals surface area contributed by atoms with Crippen molar-refractivity contribution in [2.45, 2.75) is 6.10 Å². The minimum absolute atomic E-state index is 0.0742. The fourth-order valence-electron chi connectivity index (χ4n) is 1.28. The molecular weight excluding hydrogens is 194 g/mol. The van der Waals surface area contributed by atoms with Gasteiger partial charge in [0.2, 0.25) is 0 Å². The fraction of sp³-hybridized carbons (Fsp3) is 0.455. The van der Waals surface area contributed by atoms with E-state index in [0.29, 0.717) is 13.1 Å². The number of rotatable bonds is 6. The van der Waals surface area contributed by atoms with Crippen molar-refractivity contribution in [3.63, 3.8) is 0 Å². The van der Waals surface area contributed by atoms with Crippen molar-refractivity contribution in [3.05, 3.63) is 29.8 Å². The highest BCUT2D eigenvalue weighted by molar-refractivity contribution is 5.29. The maximum Gasteiger partial charge on any atom is 0.119 e. The van der Waals surface area contributed by atoms with Crippen molar-refractivity contribution < 1.29 is 14.9 Å². The average Bonchev–Trinajstić information content (AvgIpc) is 2.29. The molecule has 1 aromatic rings. The molecule has 0 aliphatic heterocycles. The van der Waals surface area contributed by atoms with Crippen LogP contribution >= 0.6 is 0 Å². The number of aliphatic hydroxyl groups is 2. The van der Waals surface area contributed by atoms with Gasteiger partial charge in [0.25, 0.3) is 0 Å². The van der Waals surface area contributed by atoms with Crippen LogP contribution in [0.15, 0.2) is 24.3 Å². The standard InChI is InChI=1S/C11H17NO3/c1-15-10-4-2-3-9(7-10)11(14)8-12-5-6-13/h2-4,7,11-14H,5-6,8H2,1H3. The molecule has 3 N–H and O–H groups in total. The first-order valence-electron chi connectivity index (χ1n) is 4.91. The van der Waals surface area contributed by atoms with Crippen molar-refractivity contribution in [3.8, 4) is 5.75 Å². The summed E-state index contributed by atoms with van der Waals surface area (Å²) in [5.74, 6) is 0.730. The van der Waals surface area contributed by atoms with E-state index in [0.717, 1.165) is 11.3 Å². The highest BCUT2D eigenvalue weighted by Crippen LogP contribution is 2.18. The molecular formula is C11H17NO3. The molecule has 0 aliphatic rings. The first kappa shape index (κ1) is 12.0. The van der Waals surface area contributed by atoms with E-state index in [1.165, 1.54) is 0 Å². The van der Waals surface area contributed by atoms with Crippen LogP contribution in [0.4, 0.5) is 0 Å². The highest BCUT2D eigenvalue weighted by atomic mass is 16.5. The summed E-state index contributed by atoms with van der Waals surface area (Å²) in [7, 11) is 1.59. The predicted molar refractivity (Wildman–Crippen MR) is 57.9 cm³/mol. The summed E-state index contributed by atoms with van der Waals surface area (Å²) in [4.78, 5) is 0. The van der Waals surface area contributed by atoms with Gasteiger partial charge in [-0.1, -0.05) is 12.1 Å². The highest BCUT2D eigenvalue weighted by Gasteiger charge is 2.07. The lowest BCUT2D eigenvalue weighted by molar-refractivity contribution is 0.170. The van der Waals surface area contributed by atoms with Gasteiger partial charge in [-0.05, 0) is 17.7 Å². The molecule has 0 heterocycles. The zero-order valence-corrected chi connectivity index (χ0v) is 8.81. The minimum Gasteiger partial charge on any atom is -0.497 e. The Bertz CT molecular complexity index is 291. The molecule has 0 aliphatic carbocycles. The predicted octanol–water partition coefficient (Wildman–Crippen LogP) is 0.310. The molecule has 1 unspecified atom stereocenters. The number of ether oxygens (including phenoxy) is 1. The molecule has 0 saturated carbocycles. The first-order chi connectivity index (χ1) is 7.27. The Morgan fingerprint density at radius 2 is 2.27 bits per heavy atom. The quantitative estimate of drug-likeness (QED) is 0.593. The normalized spacial score (nSPS) is 12.5. The number of benzene rings is 1. The fourth-order valence-corrected chi connectivity index (χ4v) is 1.28. The Balaban J connectivity index is 2.52. The number of aliphatic hydroxyl groups excluding tert-OH is 2. The molecule has 4 nitrogen and oxygen atoms in total. The molecule has 0 saturated heterocycles. The SMILES string of the molecule is COc1cccc(C(O)CNCCO)c1. The first-order valence-corrected chi connectivity index (χ1v) is 4.91. The summed E-state index contributed by atoms with van der Waals surface area (Å²) < 4.78 is 5.06. The van der Waals surface area contributed by atoms with Crippen LogP contribution in [-0.4, -0.2) is 37.0 Å². The van der Waals surface area contributed by atoms with Crippen LogP contribution in [0, 0.1) is 0 Å². The van der Waals surface area contributed by atoms with Crippen molar-refractivity contribution in [2.75, 3.05) is 26.8 Å². The molecule has 1 aromatic carbocycles. The van der Waals surface area contributed by atoms with Crippen molar-refractivity contribution in [2.24, 2.45) is 0 Å². The molecule has 0 radical (unpaired) electrons. The molecule has 15 heavy (non-hydrogen) atoms. The summed E-state index contributed by atoms with van der Waals surface area (Å²) in [5.41, 5.74) is 0.805. The number of methoxy groups -OCH3 is 1. The van der Waals surface area contributed by atoms with Gasteiger partial charge in [0.15, 0.2) is 0 Å². The zero-order valence-electron chi connectivity index (χ0n) is 8.81. The smallest absolute Gasteiger partial charge is 0.119 e. The van der Waals surface area contributed by atoms with Gasteiger partial charge < -0.3 is 20.3 Å². The Morgan fingerprint density at radius 1 is 1.47 bits per heavy atom. The summed E-state index contributed by atoms with van der Waals surface area (Å²) in [5, 5.41) is 21.3. The lowest BCUT2D eigenvalue weighted by Gasteiger charge is -2.12. The van der Waals surface area contributed by atoms with Crippen LogP contribution in [0.5, 0.6) is 5.75 Å². The van der Waals surface area contributed by atoms with Crippen molar-refractivity contribution >= 4 is 0 Å². The summed E-state index contributed by atoms with van der Waals surface area (Å²) in [6, 6.07) is 7.31. The third kappa shape index (κ3) is 3.87.